The smallest absolute Gasteiger partial charge is 0.321 e. The SMILES string of the molecule is O=Cc1ccc(NC(=O)c2ccc([N+](=O)[O-])s2)cc1. The van der Waals surface area contributed by atoms with Gasteiger partial charge in [0.05, 0.1) is 9.80 Å². The Bertz CT molecular complexity index is 633. The van der Waals surface area contributed by atoms with Gasteiger partial charge in [0, 0.05) is 17.3 Å². The molecule has 0 unspecified atom stereocenters. The number of hydrogen-bond donors (Lipinski definition) is 1. The Balaban J connectivity index is 2.10. The summed E-state index contributed by atoms with van der Waals surface area (Å²) in [5.41, 5.74) is 1.02. The van der Waals surface area contributed by atoms with Crippen LogP contribution in [0.15, 0.2) is 36.4 Å². The molecule has 0 saturated carbocycles. The van der Waals surface area contributed by atoms with E-state index in [2.05, 4.69) is 5.32 Å². The molecular weight excluding hydrogens is 268 g/mol. The molecule has 0 bridgehead atoms. The first-order valence-electron chi connectivity index (χ1n) is 5.21. The summed E-state index contributed by atoms with van der Waals surface area (Å²) >= 11 is 0.809. The van der Waals surface area contributed by atoms with Gasteiger partial charge < -0.3 is 5.32 Å². The van der Waals surface area contributed by atoms with Gasteiger partial charge in [0.1, 0.15) is 6.29 Å². The Labute approximate surface area is 111 Å². The lowest BCUT2D eigenvalue weighted by Crippen LogP contribution is -2.09. The maximum absolute atomic E-state index is 11.8. The van der Waals surface area contributed by atoms with Crippen molar-refractivity contribution < 1.29 is 14.5 Å². The number of nitro groups is 1. The fraction of sp³-hybridized carbons (Fsp3) is 0. The summed E-state index contributed by atoms with van der Waals surface area (Å²) in [4.78, 5) is 32.5. The molecule has 0 aliphatic heterocycles. The number of anilines is 1. The molecule has 0 fully saturated rings. The van der Waals surface area contributed by atoms with Crippen molar-refractivity contribution in [3.05, 3.63) is 57.0 Å². The average molecular weight is 276 g/mol. The number of benzene rings is 1. The molecule has 1 aromatic carbocycles. The lowest BCUT2D eigenvalue weighted by atomic mass is 10.2. The van der Waals surface area contributed by atoms with E-state index in [4.69, 9.17) is 0 Å². The van der Waals surface area contributed by atoms with Crippen molar-refractivity contribution in [3.63, 3.8) is 0 Å². The van der Waals surface area contributed by atoms with Gasteiger partial charge in [0.25, 0.3) is 5.91 Å². The number of carbonyl (C=O) groups excluding carboxylic acids is 2. The summed E-state index contributed by atoms with van der Waals surface area (Å²) in [5.74, 6) is -0.419. The molecule has 0 atom stereocenters. The Morgan fingerprint density at radius 3 is 2.42 bits per heavy atom. The maximum atomic E-state index is 11.8. The van der Waals surface area contributed by atoms with Gasteiger partial charge in [-0.2, -0.15) is 0 Å². The highest BCUT2D eigenvalue weighted by molar-refractivity contribution is 7.17. The van der Waals surface area contributed by atoms with Crippen LogP contribution < -0.4 is 5.32 Å². The van der Waals surface area contributed by atoms with Gasteiger partial charge in [-0.25, -0.2) is 0 Å². The molecule has 0 saturated heterocycles. The van der Waals surface area contributed by atoms with Crippen LogP contribution in [0.2, 0.25) is 0 Å². The Kier molecular flexibility index (Phi) is 3.67. The maximum Gasteiger partial charge on any atom is 0.324 e. The summed E-state index contributed by atoms with van der Waals surface area (Å²) in [7, 11) is 0. The predicted octanol–water partition coefficient (Wildman–Crippen LogP) is 2.72. The fourth-order valence-corrected chi connectivity index (χ4v) is 2.10. The molecular formula is C12H8N2O4S. The van der Waals surface area contributed by atoms with Gasteiger partial charge in [-0.3, -0.25) is 19.7 Å². The molecule has 96 valence electrons. The van der Waals surface area contributed by atoms with Gasteiger partial charge in [-0.05, 0) is 30.3 Å². The Hall–Kier alpha value is -2.54. The topological polar surface area (TPSA) is 89.3 Å². The molecule has 7 heteroatoms. The second-order valence-corrected chi connectivity index (χ2v) is 4.65. The van der Waals surface area contributed by atoms with E-state index in [1.54, 1.807) is 24.3 Å². The van der Waals surface area contributed by atoms with Gasteiger partial charge in [0.15, 0.2) is 0 Å². The van der Waals surface area contributed by atoms with Crippen molar-refractivity contribution in [1.29, 1.82) is 0 Å². The van der Waals surface area contributed by atoms with Crippen molar-refractivity contribution in [2.45, 2.75) is 0 Å². The van der Waals surface area contributed by atoms with E-state index >= 15 is 0 Å². The molecule has 1 amide bonds. The fourth-order valence-electron chi connectivity index (χ4n) is 1.39. The van der Waals surface area contributed by atoms with E-state index in [1.165, 1.54) is 12.1 Å². The molecule has 19 heavy (non-hydrogen) atoms. The molecule has 2 rings (SSSR count). The molecule has 0 spiro atoms. The van der Waals surface area contributed by atoms with E-state index in [0.29, 0.717) is 17.5 Å². The van der Waals surface area contributed by atoms with E-state index in [0.717, 1.165) is 11.3 Å². The number of thiophene rings is 1. The van der Waals surface area contributed by atoms with Crippen molar-refractivity contribution in [1.82, 2.24) is 0 Å². The van der Waals surface area contributed by atoms with Gasteiger partial charge >= 0.3 is 5.00 Å². The number of nitrogens with one attached hydrogen (secondary N) is 1. The zero-order valence-electron chi connectivity index (χ0n) is 9.53. The second-order valence-electron chi connectivity index (χ2n) is 3.59. The summed E-state index contributed by atoms with van der Waals surface area (Å²) in [6, 6.07) is 9.00. The molecule has 2 aromatic rings. The third kappa shape index (κ3) is 3.02. The molecule has 0 aliphatic carbocycles. The zero-order valence-corrected chi connectivity index (χ0v) is 10.3. The van der Waals surface area contributed by atoms with Gasteiger partial charge in [-0.15, -0.1) is 0 Å². The normalized spacial score (nSPS) is 9.89. The monoisotopic (exact) mass is 276 g/mol. The molecule has 6 nitrogen and oxygen atoms in total. The van der Waals surface area contributed by atoms with Gasteiger partial charge in [0.2, 0.25) is 0 Å². The highest BCUT2D eigenvalue weighted by atomic mass is 32.1. The van der Waals surface area contributed by atoms with Gasteiger partial charge in [-0.1, -0.05) is 11.3 Å². The van der Waals surface area contributed by atoms with E-state index < -0.39 is 10.8 Å². The van der Waals surface area contributed by atoms with Crippen LogP contribution in [0.25, 0.3) is 0 Å². The quantitative estimate of drug-likeness (QED) is 0.528. The third-order valence-corrected chi connectivity index (χ3v) is 3.34. The van der Waals surface area contributed by atoms with E-state index in [1.807, 2.05) is 0 Å². The first-order chi connectivity index (χ1) is 9.10. The van der Waals surface area contributed by atoms with Crippen LogP contribution in [0, 0.1) is 10.1 Å². The lowest BCUT2D eigenvalue weighted by Gasteiger charge is -2.02. The van der Waals surface area contributed by atoms with Crippen LogP contribution in [0.1, 0.15) is 20.0 Å². The molecule has 0 radical (unpaired) electrons. The number of amides is 1. The number of carbonyl (C=O) groups is 2. The largest absolute Gasteiger partial charge is 0.324 e. The van der Waals surface area contributed by atoms with E-state index in [9.17, 15) is 19.7 Å². The van der Waals surface area contributed by atoms with Crippen molar-refractivity contribution >= 4 is 34.2 Å². The van der Waals surface area contributed by atoms with Crippen molar-refractivity contribution in [2.75, 3.05) is 5.32 Å². The van der Waals surface area contributed by atoms with E-state index in [-0.39, 0.29) is 9.88 Å². The Morgan fingerprint density at radius 2 is 1.89 bits per heavy atom. The summed E-state index contributed by atoms with van der Waals surface area (Å²) in [6.07, 6.45) is 0.703. The van der Waals surface area contributed by atoms with Crippen LogP contribution in [-0.2, 0) is 0 Å². The standard InChI is InChI=1S/C12H8N2O4S/c15-7-8-1-3-9(4-2-8)13-12(16)10-5-6-11(19-10)14(17)18/h1-7H,(H,13,16). The first kappa shape index (κ1) is 12.9. The van der Waals surface area contributed by atoms with Crippen LogP contribution in [0.3, 0.4) is 0 Å². The minimum atomic E-state index is -0.541. The third-order valence-electron chi connectivity index (χ3n) is 2.30. The summed E-state index contributed by atoms with van der Waals surface area (Å²) in [5, 5.41) is 13.0. The highest BCUT2D eigenvalue weighted by Gasteiger charge is 2.15. The number of nitrogens with zero attached hydrogens (tertiary/aromatic N) is 1. The average Bonchev–Trinajstić information content (AvgIpc) is 2.89. The number of aldehydes is 1. The van der Waals surface area contributed by atoms with Crippen LogP contribution >= 0.6 is 11.3 Å². The molecule has 1 N–H and O–H groups in total. The number of rotatable bonds is 4. The minimum Gasteiger partial charge on any atom is -0.321 e. The zero-order chi connectivity index (χ0) is 13.8. The summed E-state index contributed by atoms with van der Waals surface area (Å²) in [6.45, 7) is 0. The molecule has 1 heterocycles. The predicted molar refractivity (Wildman–Crippen MR) is 70.8 cm³/mol. The van der Waals surface area contributed by atoms with Crippen LogP contribution in [0.4, 0.5) is 10.7 Å². The second kappa shape index (κ2) is 5.40. The molecule has 1 aromatic heterocycles. The Morgan fingerprint density at radius 1 is 1.21 bits per heavy atom. The summed E-state index contributed by atoms with van der Waals surface area (Å²) < 4.78 is 0. The van der Waals surface area contributed by atoms with Crippen LogP contribution in [-0.4, -0.2) is 17.1 Å². The lowest BCUT2D eigenvalue weighted by molar-refractivity contribution is -0.380. The number of hydrogen-bond acceptors (Lipinski definition) is 5. The van der Waals surface area contributed by atoms with Crippen molar-refractivity contribution in [3.8, 4) is 0 Å². The van der Waals surface area contributed by atoms with Crippen LogP contribution in [0.5, 0.6) is 0 Å². The van der Waals surface area contributed by atoms with Crippen molar-refractivity contribution in [2.24, 2.45) is 0 Å². The highest BCUT2D eigenvalue weighted by Crippen LogP contribution is 2.24. The molecule has 0 aliphatic rings. The first-order valence-corrected chi connectivity index (χ1v) is 6.02. The minimum absolute atomic E-state index is 0.0820.